The van der Waals surface area contributed by atoms with Gasteiger partial charge in [0.2, 0.25) is 0 Å². The van der Waals surface area contributed by atoms with E-state index in [0.29, 0.717) is 13.0 Å². The van der Waals surface area contributed by atoms with Crippen molar-refractivity contribution in [2.75, 3.05) is 6.54 Å². The van der Waals surface area contributed by atoms with Crippen LogP contribution >= 0.6 is 0 Å². The molecule has 2 aromatic rings. The predicted molar refractivity (Wildman–Crippen MR) is 101 cm³/mol. The molecule has 0 spiro atoms. The van der Waals surface area contributed by atoms with Crippen molar-refractivity contribution in [3.8, 4) is 12.3 Å². The smallest absolute Gasteiger partial charge is 0.475 e. The average molecular weight is 441 g/mol. The van der Waals surface area contributed by atoms with Crippen LogP contribution in [0.1, 0.15) is 50.3 Å². The number of nitrogens with one attached hydrogen (secondary N) is 2. The number of aliphatic carboxylic acids is 1. The van der Waals surface area contributed by atoms with Crippen molar-refractivity contribution in [2.45, 2.75) is 57.0 Å². The molecule has 11 nitrogen and oxygen atoms in total. The van der Waals surface area contributed by atoms with Gasteiger partial charge in [-0.15, -0.1) is 17.4 Å². The molecule has 168 valence electrons. The number of imidazole rings is 1. The first kappa shape index (κ1) is 23.9. The third kappa shape index (κ3) is 7.14. The lowest BCUT2D eigenvalue weighted by Crippen LogP contribution is -2.30. The third-order valence-electron chi connectivity index (χ3n) is 4.21. The Hall–Kier alpha value is -3.34. The number of aryl methyl sites for hydroxylation is 1. The number of alkyl halides is 3. The van der Waals surface area contributed by atoms with Crippen molar-refractivity contribution in [1.82, 2.24) is 35.5 Å². The highest BCUT2D eigenvalue weighted by Gasteiger charge is 2.39. The van der Waals surface area contributed by atoms with E-state index in [4.69, 9.17) is 16.3 Å². The van der Waals surface area contributed by atoms with E-state index >= 15 is 0 Å². The van der Waals surface area contributed by atoms with E-state index in [2.05, 4.69) is 53.9 Å². The highest BCUT2D eigenvalue weighted by molar-refractivity contribution is 5.73. The molecule has 2 aromatic heterocycles. The van der Waals surface area contributed by atoms with Crippen LogP contribution in [0.25, 0.3) is 0 Å². The Labute approximate surface area is 175 Å². The number of tetrazole rings is 1. The molecule has 0 aromatic carbocycles. The molecule has 3 heterocycles. The fourth-order valence-corrected chi connectivity index (χ4v) is 2.62. The van der Waals surface area contributed by atoms with Gasteiger partial charge in [-0.3, -0.25) is 0 Å². The number of carboxylic acid groups (broad SMARTS) is 1. The molecule has 0 radical (unpaired) electrons. The number of H-pyrrole nitrogens is 1. The molecule has 1 atom stereocenters. The van der Waals surface area contributed by atoms with Gasteiger partial charge in [0.15, 0.2) is 11.5 Å². The lowest BCUT2D eigenvalue weighted by molar-refractivity contribution is -0.192. The zero-order valence-corrected chi connectivity index (χ0v) is 16.7. The van der Waals surface area contributed by atoms with Crippen LogP contribution in [0.3, 0.4) is 0 Å². The summed E-state index contributed by atoms with van der Waals surface area (Å²) in [6, 6.07) is -0.204. The monoisotopic (exact) mass is 441 g/mol. The lowest BCUT2D eigenvalue weighted by Gasteiger charge is -2.17. The summed E-state index contributed by atoms with van der Waals surface area (Å²) < 4.78 is 33.5. The maximum atomic E-state index is 10.6. The Morgan fingerprint density at radius 1 is 1.42 bits per heavy atom. The van der Waals surface area contributed by atoms with Gasteiger partial charge in [0.1, 0.15) is 11.9 Å². The van der Waals surface area contributed by atoms with Crippen molar-refractivity contribution in [3.63, 3.8) is 0 Å². The second-order valence-corrected chi connectivity index (χ2v) is 6.56. The second kappa shape index (κ2) is 10.6. The number of aromatic amines is 1. The lowest BCUT2D eigenvalue weighted by atomic mass is 10.0. The number of carboxylic acids is 1. The number of carbonyl (C=O) groups is 1. The highest BCUT2D eigenvalue weighted by atomic mass is 19.4. The predicted octanol–water partition coefficient (Wildman–Crippen LogP) is 2.08. The summed E-state index contributed by atoms with van der Waals surface area (Å²) in [5.74, 6) is 1.41. The summed E-state index contributed by atoms with van der Waals surface area (Å²) >= 11 is 0. The van der Waals surface area contributed by atoms with E-state index in [1.165, 1.54) is 0 Å². The Kier molecular flexibility index (Phi) is 8.20. The van der Waals surface area contributed by atoms with E-state index in [1.54, 1.807) is 17.1 Å². The maximum Gasteiger partial charge on any atom is 0.490 e. The minimum Gasteiger partial charge on any atom is -0.475 e. The molecule has 0 saturated heterocycles. The van der Waals surface area contributed by atoms with Crippen LogP contribution in [0, 0.1) is 12.3 Å². The van der Waals surface area contributed by atoms with E-state index in [0.717, 1.165) is 37.5 Å². The average Bonchev–Trinajstić information content (AvgIpc) is 3.09. The van der Waals surface area contributed by atoms with Gasteiger partial charge in [0, 0.05) is 44.7 Å². The topological polar surface area (TPSA) is 146 Å². The molecule has 1 aliphatic heterocycles. The third-order valence-corrected chi connectivity index (χ3v) is 4.21. The molecule has 14 heteroatoms. The molecule has 31 heavy (non-hydrogen) atoms. The Bertz CT molecular complexity index is 897. The summed E-state index contributed by atoms with van der Waals surface area (Å²) in [6.07, 6.45) is 6.98. The number of hydrogen-bond donors (Lipinski definition) is 3. The van der Waals surface area contributed by atoms with Crippen LogP contribution < -0.4 is 5.32 Å². The molecule has 1 aliphatic rings. The highest BCUT2D eigenvalue weighted by Crippen LogP contribution is 2.36. The summed E-state index contributed by atoms with van der Waals surface area (Å²) in [6.45, 7) is 3.56. The van der Waals surface area contributed by atoms with E-state index < -0.39 is 12.1 Å². The van der Waals surface area contributed by atoms with Crippen LogP contribution in [-0.2, 0) is 11.3 Å². The Morgan fingerprint density at radius 3 is 2.65 bits per heavy atom. The number of aromatic nitrogens is 6. The van der Waals surface area contributed by atoms with E-state index in [-0.39, 0.29) is 11.7 Å². The molecule has 0 bridgehead atoms. The molecule has 0 amide bonds. The minimum atomic E-state index is -5.08. The molecule has 0 saturated carbocycles. The number of nitrogens with zero attached hydrogens (tertiary/aromatic N) is 7. The molecule has 1 unspecified atom stereocenters. The van der Waals surface area contributed by atoms with Gasteiger partial charge in [0.05, 0.1) is 0 Å². The number of rotatable bonds is 10. The second-order valence-electron chi connectivity index (χ2n) is 6.56. The molecule has 3 N–H and O–H groups in total. The molecule has 0 aliphatic carbocycles. The van der Waals surface area contributed by atoms with Gasteiger partial charge in [-0.1, -0.05) is 6.92 Å². The molecule has 0 fully saturated rings. The van der Waals surface area contributed by atoms with Crippen LogP contribution in [0.5, 0.6) is 0 Å². The fourth-order valence-electron chi connectivity index (χ4n) is 2.62. The van der Waals surface area contributed by atoms with Crippen LogP contribution in [-0.4, -0.2) is 59.6 Å². The minimum absolute atomic E-state index is 0.204. The zero-order chi connectivity index (χ0) is 22.9. The van der Waals surface area contributed by atoms with Gasteiger partial charge in [0.25, 0.3) is 0 Å². The van der Waals surface area contributed by atoms with E-state index in [1.807, 2.05) is 0 Å². The summed E-state index contributed by atoms with van der Waals surface area (Å²) in [5.41, 5.74) is -0.303. The first-order chi connectivity index (χ1) is 14.7. The standard InChI is InChI=1S/C15H21N9.C2HF3O2/c1-3-5-6-15(20-21-15)7-8-16-12(13-17-9-10-18-13)14-19-22-23-24(14)11-4-2;3-2(4,5)1(6)7/h1,9-10,12,16H,4-8,11H2,2H3,(H,17,18);(H,6,7). The quantitative estimate of drug-likeness (QED) is 0.478. The van der Waals surface area contributed by atoms with Crippen molar-refractivity contribution in [2.24, 2.45) is 10.2 Å². The SMILES string of the molecule is C#CCCC1(CCNC(c2ncc[nH]2)c2nnnn2CCC)N=N1.O=C(O)C(F)(F)F. The van der Waals surface area contributed by atoms with Gasteiger partial charge in [-0.2, -0.15) is 23.4 Å². The number of terminal acetylenes is 1. The Morgan fingerprint density at radius 2 is 2.13 bits per heavy atom. The van der Waals surface area contributed by atoms with Crippen LogP contribution in [0.4, 0.5) is 13.2 Å². The molecular formula is C17H22F3N9O2. The first-order valence-electron chi connectivity index (χ1n) is 9.39. The van der Waals surface area contributed by atoms with E-state index in [9.17, 15) is 13.2 Å². The van der Waals surface area contributed by atoms with Gasteiger partial charge in [-0.25, -0.2) is 14.5 Å². The first-order valence-corrected chi connectivity index (χ1v) is 9.39. The molecule has 3 rings (SSSR count). The van der Waals surface area contributed by atoms with Gasteiger partial charge >= 0.3 is 12.1 Å². The number of halogens is 3. The fraction of sp³-hybridized carbons (Fsp3) is 0.588. The largest absolute Gasteiger partial charge is 0.490 e. The van der Waals surface area contributed by atoms with Crippen molar-refractivity contribution < 1.29 is 23.1 Å². The number of hydrogen-bond acceptors (Lipinski definition) is 8. The summed E-state index contributed by atoms with van der Waals surface area (Å²) in [7, 11) is 0. The summed E-state index contributed by atoms with van der Waals surface area (Å²) in [4.78, 5) is 16.4. The van der Waals surface area contributed by atoms with Gasteiger partial charge < -0.3 is 15.4 Å². The van der Waals surface area contributed by atoms with Crippen molar-refractivity contribution >= 4 is 5.97 Å². The van der Waals surface area contributed by atoms with Crippen molar-refractivity contribution in [3.05, 3.63) is 24.0 Å². The maximum absolute atomic E-state index is 10.6. The van der Waals surface area contributed by atoms with Crippen LogP contribution in [0.2, 0.25) is 0 Å². The normalized spacial score (nSPS) is 14.9. The summed E-state index contributed by atoms with van der Waals surface area (Å²) in [5, 5.41) is 31.0. The zero-order valence-electron chi connectivity index (χ0n) is 16.7. The van der Waals surface area contributed by atoms with Crippen molar-refractivity contribution in [1.29, 1.82) is 0 Å². The molecular weight excluding hydrogens is 419 g/mol. The van der Waals surface area contributed by atoms with Gasteiger partial charge in [-0.05, 0) is 16.8 Å². The Balaban J connectivity index is 0.000000423. The van der Waals surface area contributed by atoms with Crippen LogP contribution in [0.15, 0.2) is 22.6 Å².